The fourth-order valence-electron chi connectivity index (χ4n) is 4.35. The van der Waals surface area contributed by atoms with E-state index in [9.17, 15) is 9.90 Å². The van der Waals surface area contributed by atoms with Gasteiger partial charge in [-0.2, -0.15) is 0 Å². The first-order valence-corrected chi connectivity index (χ1v) is 12.3. The number of rotatable bonds is 10. The molecule has 1 aliphatic heterocycles. The quantitative estimate of drug-likeness (QED) is 0.473. The highest BCUT2D eigenvalue weighted by atomic mass is 16.5. The van der Waals surface area contributed by atoms with Gasteiger partial charge in [-0.3, -0.25) is 4.79 Å². The van der Waals surface area contributed by atoms with Crippen molar-refractivity contribution >= 4 is 11.8 Å². The number of carbonyl (C=O) groups is 1. The molecule has 0 saturated heterocycles. The molecular weight excluding hydrogens is 434 g/mol. The maximum atomic E-state index is 12.1. The van der Waals surface area contributed by atoms with E-state index in [4.69, 9.17) is 14.2 Å². The Morgan fingerprint density at radius 3 is 2.68 bits per heavy atom. The summed E-state index contributed by atoms with van der Waals surface area (Å²) in [4.78, 5) is 12.1. The minimum absolute atomic E-state index is 0.0853. The van der Waals surface area contributed by atoms with Crippen molar-refractivity contribution < 1.29 is 24.1 Å². The Kier molecular flexibility index (Phi) is 9.51. The summed E-state index contributed by atoms with van der Waals surface area (Å²) >= 11 is 0. The van der Waals surface area contributed by atoms with Crippen molar-refractivity contribution in [3.63, 3.8) is 0 Å². The van der Waals surface area contributed by atoms with Crippen LogP contribution in [0, 0.1) is 5.92 Å². The lowest BCUT2D eigenvalue weighted by molar-refractivity contribution is -0.148. The molecule has 3 rings (SSSR count). The summed E-state index contributed by atoms with van der Waals surface area (Å²) in [5.74, 6) is 1.18. The van der Waals surface area contributed by atoms with E-state index in [1.54, 1.807) is 13.2 Å². The minimum Gasteiger partial charge on any atom is -0.507 e. The van der Waals surface area contributed by atoms with Crippen molar-refractivity contribution in [2.45, 2.75) is 71.9 Å². The summed E-state index contributed by atoms with van der Waals surface area (Å²) in [6.07, 6.45) is 4.88. The molecule has 34 heavy (non-hydrogen) atoms. The van der Waals surface area contributed by atoms with Crippen LogP contribution in [0.4, 0.5) is 5.82 Å². The van der Waals surface area contributed by atoms with Crippen LogP contribution in [0.2, 0.25) is 0 Å². The molecule has 2 N–H and O–H groups in total. The van der Waals surface area contributed by atoms with E-state index in [0.29, 0.717) is 42.6 Å². The average Bonchev–Trinajstić information content (AvgIpc) is 2.92. The molecule has 8 nitrogen and oxygen atoms in total. The van der Waals surface area contributed by atoms with Crippen molar-refractivity contribution in [2.24, 2.45) is 5.92 Å². The number of hydrogen-bond donors (Lipinski definition) is 2. The molecule has 0 amide bonds. The molecule has 186 valence electrons. The zero-order valence-corrected chi connectivity index (χ0v) is 20.7. The summed E-state index contributed by atoms with van der Waals surface area (Å²) in [6, 6.07) is 5.65. The Labute approximate surface area is 202 Å². The first-order chi connectivity index (χ1) is 16.5. The fraction of sp³-hybridized carbons (Fsp3) is 0.577. The van der Waals surface area contributed by atoms with E-state index in [1.165, 1.54) is 0 Å². The number of aromatic nitrogens is 2. The number of aromatic hydroxyl groups is 1. The molecule has 0 aliphatic carbocycles. The Balaban J connectivity index is 1.81. The third kappa shape index (κ3) is 6.38. The first kappa shape index (κ1) is 25.7. The number of hydrogen-bond acceptors (Lipinski definition) is 8. The number of anilines is 1. The SMILES string of the molecule is CCOC(=O)C(CC)CCC(CC)Nc1cc2c(nn1)-c1c(O)cc(OC)cc1COCCC2. The number of esters is 1. The molecule has 0 spiro atoms. The van der Waals surface area contributed by atoms with Crippen molar-refractivity contribution in [3.8, 4) is 22.8 Å². The van der Waals surface area contributed by atoms with Gasteiger partial charge in [-0.15, -0.1) is 10.2 Å². The maximum absolute atomic E-state index is 12.1. The Hall–Kier alpha value is -2.87. The van der Waals surface area contributed by atoms with Gasteiger partial charge in [0.05, 0.1) is 26.2 Å². The molecule has 1 aromatic carbocycles. The average molecular weight is 472 g/mol. The maximum Gasteiger partial charge on any atom is 0.308 e. The number of benzene rings is 1. The largest absolute Gasteiger partial charge is 0.507 e. The van der Waals surface area contributed by atoms with Gasteiger partial charge in [-0.1, -0.05) is 13.8 Å². The van der Waals surface area contributed by atoms with E-state index in [2.05, 4.69) is 22.4 Å². The molecule has 2 heterocycles. The molecule has 8 heteroatoms. The van der Waals surface area contributed by atoms with Crippen molar-refractivity contribution in [1.82, 2.24) is 10.2 Å². The fourth-order valence-corrected chi connectivity index (χ4v) is 4.35. The second-order valence-electron chi connectivity index (χ2n) is 8.62. The number of phenolic OH excluding ortho intramolecular Hbond substituents is 1. The van der Waals surface area contributed by atoms with Gasteiger partial charge in [0.15, 0.2) is 0 Å². The van der Waals surface area contributed by atoms with Gasteiger partial charge in [0.1, 0.15) is 23.0 Å². The lowest BCUT2D eigenvalue weighted by atomic mass is 9.96. The van der Waals surface area contributed by atoms with Gasteiger partial charge in [0.2, 0.25) is 0 Å². The molecule has 0 radical (unpaired) electrons. The highest BCUT2D eigenvalue weighted by Crippen LogP contribution is 2.38. The van der Waals surface area contributed by atoms with Crippen LogP contribution in [-0.2, 0) is 27.3 Å². The van der Waals surface area contributed by atoms with Crippen LogP contribution < -0.4 is 10.1 Å². The number of nitrogens with one attached hydrogen (secondary N) is 1. The van der Waals surface area contributed by atoms with Crippen LogP contribution >= 0.6 is 0 Å². The smallest absolute Gasteiger partial charge is 0.308 e. The second kappa shape index (κ2) is 12.6. The van der Waals surface area contributed by atoms with E-state index in [1.807, 2.05) is 26.0 Å². The molecule has 1 aromatic heterocycles. The van der Waals surface area contributed by atoms with E-state index >= 15 is 0 Å². The number of ether oxygens (including phenoxy) is 3. The summed E-state index contributed by atoms with van der Waals surface area (Å²) in [5, 5.41) is 23.2. The van der Waals surface area contributed by atoms with Crippen molar-refractivity contribution in [3.05, 3.63) is 29.3 Å². The second-order valence-corrected chi connectivity index (χ2v) is 8.62. The molecule has 0 saturated carbocycles. The van der Waals surface area contributed by atoms with Crippen LogP contribution in [0.1, 0.15) is 64.0 Å². The van der Waals surface area contributed by atoms with E-state index in [0.717, 1.165) is 49.7 Å². The number of fused-ring (bicyclic) bond motifs is 3. The summed E-state index contributed by atoms with van der Waals surface area (Å²) in [6.45, 7) is 7.37. The zero-order chi connectivity index (χ0) is 24.5. The third-order valence-corrected chi connectivity index (χ3v) is 6.33. The van der Waals surface area contributed by atoms with Crippen molar-refractivity contribution in [1.29, 1.82) is 0 Å². The van der Waals surface area contributed by atoms with Crippen LogP contribution in [0.3, 0.4) is 0 Å². The monoisotopic (exact) mass is 471 g/mol. The molecule has 0 fully saturated rings. The molecule has 0 bridgehead atoms. The lowest BCUT2D eigenvalue weighted by Crippen LogP contribution is -2.24. The lowest BCUT2D eigenvalue weighted by Gasteiger charge is -2.21. The highest BCUT2D eigenvalue weighted by molar-refractivity contribution is 5.75. The van der Waals surface area contributed by atoms with E-state index < -0.39 is 0 Å². The topological polar surface area (TPSA) is 103 Å². The molecule has 1 aliphatic rings. The highest BCUT2D eigenvalue weighted by Gasteiger charge is 2.22. The van der Waals surface area contributed by atoms with Gasteiger partial charge < -0.3 is 24.6 Å². The van der Waals surface area contributed by atoms with Gasteiger partial charge in [-0.25, -0.2) is 0 Å². The Morgan fingerprint density at radius 2 is 1.97 bits per heavy atom. The van der Waals surface area contributed by atoms with Gasteiger partial charge in [0, 0.05) is 24.3 Å². The predicted octanol–water partition coefficient (Wildman–Crippen LogP) is 4.88. The standard InChI is InChI=1S/C26H37N3O5/c1-5-17(26(31)34-7-3)10-11-20(6-2)27-23-14-18-9-8-12-33-16-19-13-21(32-4)15-22(30)24(19)25(18)29-28-23/h13-15,17,20,30H,5-12,16H2,1-4H3,(H,27,28). The van der Waals surface area contributed by atoms with Crippen LogP contribution in [0.5, 0.6) is 11.5 Å². The summed E-state index contributed by atoms with van der Waals surface area (Å²) in [5.41, 5.74) is 3.15. The van der Waals surface area contributed by atoms with Gasteiger partial charge in [-0.05, 0) is 68.7 Å². The Bertz CT molecular complexity index is 966. The van der Waals surface area contributed by atoms with Gasteiger partial charge in [0.25, 0.3) is 0 Å². The van der Waals surface area contributed by atoms with Crippen molar-refractivity contribution in [2.75, 3.05) is 25.6 Å². The van der Waals surface area contributed by atoms with Crippen LogP contribution in [0.15, 0.2) is 18.2 Å². The number of phenols is 1. The van der Waals surface area contributed by atoms with Crippen LogP contribution in [0.25, 0.3) is 11.3 Å². The summed E-state index contributed by atoms with van der Waals surface area (Å²) in [7, 11) is 1.57. The number of aryl methyl sites for hydroxylation is 1. The normalized spacial score (nSPS) is 15.1. The Morgan fingerprint density at radius 1 is 1.15 bits per heavy atom. The first-order valence-electron chi connectivity index (χ1n) is 12.3. The van der Waals surface area contributed by atoms with Crippen LogP contribution in [-0.4, -0.2) is 47.6 Å². The minimum atomic E-state index is -0.117. The zero-order valence-electron chi connectivity index (χ0n) is 20.7. The molecular formula is C26H37N3O5. The third-order valence-electron chi connectivity index (χ3n) is 6.33. The summed E-state index contributed by atoms with van der Waals surface area (Å²) < 4.78 is 16.3. The molecule has 2 aromatic rings. The van der Waals surface area contributed by atoms with Gasteiger partial charge >= 0.3 is 5.97 Å². The number of nitrogens with zero attached hydrogens (tertiary/aromatic N) is 2. The van der Waals surface area contributed by atoms with E-state index in [-0.39, 0.29) is 23.7 Å². The molecule has 2 atom stereocenters. The number of methoxy groups -OCH3 is 1. The molecule has 2 unspecified atom stereocenters. The predicted molar refractivity (Wildman–Crippen MR) is 131 cm³/mol. The number of carbonyl (C=O) groups excluding carboxylic acids is 1.